The molecule has 0 amide bonds. The molecule has 0 radical (unpaired) electrons. The summed E-state index contributed by atoms with van der Waals surface area (Å²) in [5.41, 5.74) is 0.500. The van der Waals surface area contributed by atoms with Gasteiger partial charge in [-0.3, -0.25) is 0 Å². The van der Waals surface area contributed by atoms with Gasteiger partial charge in [0.25, 0.3) is 0 Å². The number of thioether (sulfide) groups is 1. The normalized spacial score (nSPS) is 16.1. The number of nitriles is 1. The van der Waals surface area contributed by atoms with Crippen molar-refractivity contribution >= 4 is 29.2 Å². The Morgan fingerprint density at radius 2 is 2.20 bits per heavy atom. The second-order valence-corrected chi connectivity index (χ2v) is 4.81. The minimum Gasteiger partial charge on any atom is -0.354 e. The zero-order valence-electron chi connectivity index (χ0n) is 8.11. The van der Waals surface area contributed by atoms with E-state index >= 15 is 0 Å². The summed E-state index contributed by atoms with van der Waals surface area (Å²) in [5, 5.41) is 9.33. The van der Waals surface area contributed by atoms with E-state index in [0.29, 0.717) is 10.6 Å². The van der Waals surface area contributed by atoms with E-state index < -0.39 is 0 Å². The molecule has 0 unspecified atom stereocenters. The minimum atomic E-state index is 0.479. The molecule has 1 aromatic heterocycles. The third-order valence-electron chi connectivity index (χ3n) is 2.30. The lowest BCUT2D eigenvalue weighted by Gasteiger charge is -2.28. The number of anilines is 1. The zero-order valence-corrected chi connectivity index (χ0v) is 9.68. The summed E-state index contributed by atoms with van der Waals surface area (Å²) in [6, 6.07) is 3.71. The monoisotopic (exact) mass is 239 g/mol. The van der Waals surface area contributed by atoms with E-state index in [4.69, 9.17) is 16.9 Å². The maximum Gasteiger partial charge on any atom is 0.148 e. The molecule has 0 aromatic carbocycles. The van der Waals surface area contributed by atoms with Gasteiger partial charge >= 0.3 is 0 Å². The number of hydrogen-bond donors (Lipinski definition) is 0. The van der Waals surface area contributed by atoms with Crippen molar-refractivity contribution in [2.24, 2.45) is 0 Å². The SMILES string of the molecule is N#Cc1ccnc(N2CCSCC2)c1Cl. The van der Waals surface area contributed by atoms with Crippen molar-refractivity contribution in [3.8, 4) is 6.07 Å². The number of aromatic nitrogens is 1. The number of rotatable bonds is 1. The van der Waals surface area contributed by atoms with E-state index in [1.54, 1.807) is 12.3 Å². The third kappa shape index (κ3) is 2.19. The molecule has 0 bridgehead atoms. The van der Waals surface area contributed by atoms with Gasteiger partial charge in [0.05, 0.1) is 5.56 Å². The van der Waals surface area contributed by atoms with Crippen molar-refractivity contribution in [3.63, 3.8) is 0 Å². The molecule has 0 saturated carbocycles. The summed E-state index contributed by atoms with van der Waals surface area (Å²) in [4.78, 5) is 6.38. The Labute approximate surface area is 98.0 Å². The fourth-order valence-corrected chi connectivity index (χ4v) is 2.69. The highest BCUT2D eigenvalue weighted by molar-refractivity contribution is 7.99. The maximum absolute atomic E-state index is 8.86. The molecule has 15 heavy (non-hydrogen) atoms. The smallest absolute Gasteiger partial charge is 0.148 e. The summed E-state index contributed by atoms with van der Waals surface area (Å²) in [6.07, 6.45) is 1.64. The highest BCUT2D eigenvalue weighted by atomic mass is 35.5. The highest BCUT2D eigenvalue weighted by Gasteiger charge is 2.16. The Hall–Kier alpha value is -0.920. The van der Waals surface area contributed by atoms with E-state index in [1.807, 2.05) is 11.8 Å². The molecule has 0 spiro atoms. The topological polar surface area (TPSA) is 39.9 Å². The molecule has 1 aliphatic rings. The first kappa shape index (κ1) is 10.6. The van der Waals surface area contributed by atoms with Gasteiger partial charge < -0.3 is 4.90 Å². The lowest BCUT2D eigenvalue weighted by atomic mass is 10.2. The average molecular weight is 240 g/mol. The number of pyridine rings is 1. The van der Waals surface area contributed by atoms with Crippen LogP contribution < -0.4 is 4.90 Å². The summed E-state index contributed by atoms with van der Waals surface area (Å²) < 4.78 is 0. The molecule has 3 nitrogen and oxygen atoms in total. The lowest BCUT2D eigenvalue weighted by molar-refractivity contribution is 0.839. The van der Waals surface area contributed by atoms with Gasteiger partial charge in [0.2, 0.25) is 0 Å². The molecule has 5 heteroatoms. The highest BCUT2D eigenvalue weighted by Crippen LogP contribution is 2.27. The van der Waals surface area contributed by atoms with Crippen LogP contribution in [0.4, 0.5) is 5.82 Å². The molecule has 2 heterocycles. The zero-order chi connectivity index (χ0) is 10.7. The summed E-state index contributed by atoms with van der Waals surface area (Å²) in [6.45, 7) is 1.90. The molecule has 2 rings (SSSR count). The molecular weight excluding hydrogens is 230 g/mol. The Morgan fingerprint density at radius 3 is 2.87 bits per heavy atom. The van der Waals surface area contributed by atoms with E-state index in [1.165, 1.54) is 0 Å². The van der Waals surface area contributed by atoms with Gasteiger partial charge in [-0.25, -0.2) is 4.98 Å². The van der Waals surface area contributed by atoms with Crippen molar-refractivity contribution < 1.29 is 0 Å². The van der Waals surface area contributed by atoms with Crippen molar-refractivity contribution in [1.82, 2.24) is 4.98 Å². The number of hydrogen-bond acceptors (Lipinski definition) is 4. The van der Waals surface area contributed by atoms with E-state index in [0.717, 1.165) is 30.4 Å². The molecule has 1 saturated heterocycles. The van der Waals surface area contributed by atoms with Crippen LogP contribution in [-0.4, -0.2) is 29.6 Å². The quantitative estimate of drug-likeness (QED) is 0.753. The average Bonchev–Trinajstić information content (AvgIpc) is 2.30. The fraction of sp³-hybridized carbons (Fsp3) is 0.400. The van der Waals surface area contributed by atoms with Gasteiger partial charge in [-0.2, -0.15) is 17.0 Å². The van der Waals surface area contributed by atoms with Crippen molar-refractivity contribution in [3.05, 3.63) is 22.8 Å². The van der Waals surface area contributed by atoms with Gasteiger partial charge in [0, 0.05) is 30.8 Å². The maximum atomic E-state index is 8.86. The van der Waals surface area contributed by atoms with Gasteiger partial charge in [-0.05, 0) is 6.07 Å². The van der Waals surface area contributed by atoms with E-state index in [9.17, 15) is 0 Å². The molecular formula is C10H10ClN3S. The molecule has 0 N–H and O–H groups in total. The first-order valence-electron chi connectivity index (χ1n) is 4.70. The van der Waals surface area contributed by atoms with Crippen LogP contribution in [0.5, 0.6) is 0 Å². The Morgan fingerprint density at radius 1 is 1.47 bits per heavy atom. The Balaban J connectivity index is 2.31. The van der Waals surface area contributed by atoms with Gasteiger partial charge in [-0.15, -0.1) is 0 Å². The van der Waals surface area contributed by atoms with Crippen LogP contribution in [0.1, 0.15) is 5.56 Å². The third-order valence-corrected chi connectivity index (χ3v) is 3.62. The lowest BCUT2D eigenvalue weighted by Crippen LogP contribution is -2.33. The summed E-state index contributed by atoms with van der Waals surface area (Å²) in [5.74, 6) is 2.93. The predicted molar refractivity (Wildman–Crippen MR) is 63.5 cm³/mol. The van der Waals surface area contributed by atoms with Gasteiger partial charge in [-0.1, -0.05) is 11.6 Å². The molecule has 1 fully saturated rings. The van der Waals surface area contributed by atoms with Gasteiger partial charge in [0.15, 0.2) is 0 Å². The van der Waals surface area contributed by atoms with Crippen LogP contribution in [0.3, 0.4) is 0 Å². The Kier molecular flexibility index (Phi) is 3.34. The number of halogens is 1. The summed E-state index contributed by atoms with van der Waals surface area (Å²) in [7, 11) is 0. The van der Waals surface area contributed by atoms with Crippen LogP contribution in [0.15, 0.2) is 12.3 Å². The molecule has 1 aromatic rings. The van der Waals surface area contributed by atoms with E-state index in [2.05, 4.69) is 16.0 Å². The molecule has 78 valence electrons. The molecule has 0 atom stereocenters. The second-order valence-electron chi connectivity index (χ2n) is 3.21. The summed E-state index contributed by atoms with van der Waals surface area (Å²) >= 11 is 8.04. The van der Waals surface area contributed by atoms with Crippen molar-refractivity contribution in [2.45, 2.75) is 0 Å². The molecule has 1 aliphatic heterocycles. The first-order valence-corrected chi connectivity index (χ1v) is 6.23. The second kappa shape index (κ2) is 4.73. The minimum absolute atomic E-state index is 0.479. The van der Waals surface area contributed by atoms with Crippen LogP contribution >= 0.6 is 23.4 Å². The van der Waals surface area contributed by atoms with Crippen molar-refractivity contribution in [2.75, 3.05) is 29.5 Å². The predicted octanol–water partition coefficient (Wildman–Crippen LogP) is 2.16. The molecule has 0 aliphatic carbocycles. The van der Waals surface area contributed by atoms with E-state index in [-0.39, 0.29) is 0 Å². The Bertz CT molecular complexity index is 396. The fourth-order valence-electron chi connectivity index (χ4n) is 1.51. The van der Waals surface area contributed by atoms with Gasteiger partial charge in [0.1, 0.15) is 16.9 Å². The first-order chi connectivity index (χ1) is 7.33. The standard InChI is InChI=1S/C10H10ClN3S/c11-9-8(7-12)1-2-13-10(9)14-3-5-15-6-4-14/h1-2H,3-6H2. The van der Waals surface area contributed by atoms with Crippen LogP contribution in [0, 0.1) is 11.3 Å². The van der Waals surface area contributed by atoms with Crippen LogP contribution in [-0.2, 0) is 0 Å². The number of nitrogens with zero attached hydrogens (tertiary/aromatic N) is 3. The largest absolute Gasteiger partial charge is 0.354 e. The van der Waals surface area contributed by atoms with Crippen LogP contribution in [0.2, 0.25) is 5.02 Å². The van der Waals surface area contributed by atoms with Crippen LogP contribution in [0.25, 0.3) is 0 Å². The van der Waals surface area contributed by atoms with Crippen molar-refractivity contribution in [1.29, 1.82) is 5.26 Å².